The number of rotatable bonds is 7. The number of hydrogen-bond acceptors (Lipinski definition) is 7. The van der Waals surface area contributed by atoms with Gasteiger partial charge in [-0.25, -0.2) is 0 Å². The molecule has 4 rings (SSSR count). The van der Waals surface area contributed by atoms with Gasteiger partial charge in [-0.05, 0) is 43.7 Å². The van der Waals surface area contributed by atoms with Gasteiger partial charge in [-0.1, -0.05) is 54.6 Å². The predicted octanol–water partition coefficient (Wildman–Crippen LogP) is 6.20. The molecule has 3 N–H and O–H groups in total. The molecule has 0 amide bonds. The molecule has 0 fully saturated rings. The number of anilines is 1. The van der Waals surface area contributed by atoms with Crippen molar-refractivity contribution in [2.24, 2.45) is 10.2 Å². The summed E-state index contributed by atoms with van der Waals surface area (Å²) in [5.41, 5.74) is 2.47. The molecule has 0 saturated heterocycles. The maximum absolute atomic E-state index is 12.6. The lowest BCUT2D eigenvalue weighted by molar-refractivity contribution is 0.0975. The standard InChI is InChI=1S/C26H23N3O5S/c1-16-14-19(27-17(2)25(30)18-8-4-3-5-9-18)12-13-22(16)28-29-23-15-24(35(32,33)34)20-10-6-7-11-21(20)26(23)31/h3-15,17,27,31H,1-2H3,(H,32,33,34). The molecule has 35 heavy (non-hydrogen) atoms. The minimum absolute atomic E-state index is 0.0339. The third-order valence-corrected chi connectivity index (χ3v) is 6.43. The summed E-state index contributed by atoms with van der Waals surface area (Å²) in [5.74, 6) is -0.283. The van der Waals surface area contributed by atoms with E-state index in [0.717, 1.165) is 17.3 Å². The fourth-order valence-electron chi connectivity index (χ4n) is 3.74. The smallest absolute Gasteiger partial charge is 0.295 e. The number of nitrogens with one attached hydrogen (secondary N) is 1. The number of phenolic OH excluding ortho intramolecular Hbond substituents is 1. The topological polar surface area (TPSA) is 128 Å². The molecule has 8 nitrogen and oxygen atoms in total. The van der Waals surface area contributed by atoms with Gasteiger partial charge in [0.05, 0.1) is 11.7 Å². The number of carbonyl (C=O) groups excluding carboxylic acids is 1. The van der Waals surface area contributed by atoms with Crippen molar-refractivity contribution in [3.05, 3.63) is 90.0 Å². The predicted molar refractivity (Wildman–Crippen MR) is 135 cm³/mol. The van der Waals surface area contributed by atoms with E-state index < -0.39 is 16.2 Å². The third kappa shape index (κ3) is 5.21. The lowest BCUT2D eigenvalue weighted by Crippen LogP contribution is -2.26. The van der Waals surface area contributed by atoms with Crippen LogP contribution in [0.5, 0.6) is 5.75 Å². The van der Waals surface area contributed by atoms with E-state index in [1.165, 1.54) is 12.1 Å². The summed E-state index contributed by atoms with van der Waals surface area (Å²) in [4.78, 5) is 12.2. The number of hydrogen-bond donors (Lipinski definition) is 3. The van der Waals surface area contributed by atoms with Crippen LogP contribution in [-0.2, 0) is 10.1 Å². The fraction of sp³-hybridized carbons (Fsp3) is 0.115. The molecule has 0 spiro atoms. The van der Waals surface area contributed by atoms with E-state index in [1.807, 2.05) is 31.2 Å². The van der Waals surface area contributed by atoms with Crippen molar-refractivity contribution in [3.63, 3.8) is 0 Å². The molecule has 0 saturated carbocycles. The molecular formula is C26H23N3O5S. The second kappa shape index (κ2) is 9.65. The highest BCUT2D eigenvalue weighted by molar-refractivity contribution is 7.86. The number of ketones is 1. The molecule has 4 aromatic rings. The van der Waals surface area contributed by atoms with Gasteiger partial charge in [0.2, 0.25) is 0 Å². The number of nitrogens with zero attached hydrogens (tertiary/aromatic N) is 2. The van der Waals surface area contributed by atoms with Gasteiger partial charge in [-0.3, -0.25) is 9.35 Å². The summed E-state index contributed by atoms with van der Waals surface area (Å²) in [6, 6.07) is 21.2. The largest absolute Gasteiger partial charge is 0.505 e. The zero-order chi connectivity index (χ0) is 25.2. The van der Waals surface area contributed by atoms with E-state index in [0.29, 0.717) is 11.3 Å². The fourth-order valence-corrected chi connectivity index (χ4v) is 4.45. The van der Waals surface area contributed by atoms with Crippen LogP contribution in [0.15, 0.2) is 94.0 Å². The van der Waals surface area contributed by atoms with Crippen LogP contribution >= 0.6 is 0 Å². The van der Waals surface area contributed by atoms with Crippen LogP contribution in [0.2, 0.25) is 0 Å². The van der Waals surface area contributed by atoms with E-state index >= 15 is 0 Å². The summed E-state index contributed by atoms with van der Waals surface area (Å²) in [5, 5.41) is 22.4. The monoisotopic (exact) mass is 489 g/mol. The Balaban J connectivity index is 1.60. The first kappa shape index (κ1) is 24.1. The van der Waals surface area contributed by atoms with E-state index in [2.05, 4.69) is 15.5 Å². The Morgan fingerprint density at radius 3 is 2.17 bits per heavy atom. The van der Waals surface area contributed by atoms with Gasteiger partial charge in [0, 0.05) is 22.0 Å². The molecule has 1 unspecified atom stereocenters. The number of carbonyl (C=O) groups is 1. The van der Waals surface area contributed by atoms with Crippen LogP contribution in [0.3, 0.4) is 0 Å². The molecule has 0 radical (unpaired) electrons. The zero-order valence-corrected chi connectivity index (χ0v) is 19.8. The van der Waals surface area contributed by atoms with Crippen molar-refractivity contribution in [3.8, 4) is 5.75 Å². The van der Waals surface area contributed by atoms with Crippen molar-refractivity contribution < 1.29 is 22.9 Å². The molecule has 4 aromatic carbocycles. The Bertz CT molecular complexity index is 1550. The Morgan fingerprint density at radius 1 is 0.886 bits per heavy atom. The SMILES string of the molecule is Cc1cc(NC(C)C(=O)c2ccccc2)ccc1N=Nc1cc(S(=O)(=O)O)c2ccccc2c1O. The summed E-state index contributed by atoms with van der Waals surface area (Å²) in [6.45, 7) is 3.60. The normalized spacial score (nSPS) is 12.7. The summed E-state index contributed by atoms with van der Waals surface area (Å²) < 4.78 is 33.4. The summed E-state index contributed by atoms with van der Waals surface area (Å²) in [7, 11) is -4.55. The maximum Gasteiger partial charge on any atom is 0.295 e. The van der Waals surface area contributed by atoms with Crippen LogP contribution < -0.4 is 5.32 Å². The minimum Gasteiger partial charge on any atom is -0.505 e. The second-order valence-corrected chi connectivity index (χ2v) is 9.45. The number of benzene rings is 4. The van der Waals surface area contributed by atoms with Gasteiger partial charge in [0.15, 0.2) is 11.5 Å². The lowest BCUT2D eigenvalue weighted by Gasteiger charge is -2.15. The van der Waals surface area contributed by atoms with Crippen LogP contribution in [0.1, 0.15) is 22.8 Å². The Morgan fingerprint density at radius 2 is 1.51 bits per heavy atom. The quantitative estimate of drug-likeness (QED) is 0.161. The Kier molecular flexibility index (Phi) is 6.63. The zero-order valence-electron chi connectivity index (χ0n) is 19.0. The van der Waals surface area contributed by atoms with E-state index in [-0.39, 0.29) is 32.9 Å². The highest BCUT2D eigenvalue weighted by atomic mass is 32.2. The van der Waals surface area contributed by atoms with Crippen LogP contribution in [0.4, 0.5) is 17.1 Å². The first-order chi connectivity index (χ1) is 16.6. The second-order valence-electron chi connectivity index (χ2n) is 8.06. The third-order valence-electron chi connectivity index (χ3n) is 5.53. The highest BCUT2D eigenvalue weighted by Crippen LogP contribution is 2.39. The van der Waals surface area contributed by atoms with Crippen LogP contribution in [-0.4, -0.2) is 29.9 Å². The van der Waals surface area contributed by atoms with E-state index in [9.17, 15) is 22.9 Å². The number of Topliss-reactive ketones (excluding diaryl/α,β-unsaturated/α-hetero) is 1. The molecule has 0 aliphatic rings. The minimum atomic E-state index is -4.55. The summed E-state index contributed by atoms with van der Waals surface area (Å²) in [6.07, 6.45) is 0. The Labute approximate surface area is 202 Å². The number of aromatic hydroxyl groups is 1. The van der Waals surface area contributed by atoms with Gasteiger partial charge in [0.25, 0.3) is 10.1 Å². The molecule has 0 aliphatic carbocycles. The molecule has 1 atom stereocenters. The van der Waals surface area contributed by atoms with Gasteiger partial charge >= 0.3 is 0 Å². The van der Waals surface area contributed by atoms with Gasteiger partial charge in [-0.2, -0.15) is 13.5 Å². The molecule has 0 heterocycles. The van der Waals surface area contributed by atoms with Gasteiger partial charge in [-0.15, -0.1) is 5.11 Å². The van der Waals surface area contributed by atoms with E-state index in [1.54, 1.807) is 43.3 Å². The van der Waals surface area contributed by atoms with Crippen LogP contribution in [0, 0.1) is 6.92 Å². The highest BCUT2D eigenvalue weighted by Gasteiger charge is 2.19. The molecular weight excluding hydrogens is 466 g/mol. The van der Waals surface area contributed by atoms with Crippen molar-refractivity contribution in [2.45, 2.75) is 24.8 Å². The number of phenols is 1. The molecule has 0 bridgehead atoms. The van der Waals surface area contributed by atoms with E-state index in [4.69, 9.17) is 0 Å². The lowest BCUT2D eigenvalue weighted by atomic mass is 10.1. The number of azo groups is 1. The molecule has 0 aliphatic heterocycles. The molecule has 0 aromatic heterocycles. The van der Waals surface area contributed by atoms with Crippen molar-refractivity contribution in [1.82, 2.24) is 0 Å². The number of aryl methyl sites for hydroxylation is 1. The average Bonchev–Trinajstić information content (AvgIpc) is 2.84. The summed E-state index contributed by atoms with van der Waals surface area (Å²) >= 11 is 0. The first-order valence-corrected chi connectivity index (χ1v) is 12.2. The first-order valence-electron chi connectivity index (χ1n) is 10.8. The van der Waals surface area contributed by atoms with Crippen molar-refractivity contribution in [1.29, 1.82) is 0 Å². The van der Waals surface area contributed by atoms with Gasteiger partial charge < -0.3 is 10.4 Å². The van der Waals surface area contributed by atoms with Crippen LogP contribution in [0.25, 0.3) is 10.8 Å². The van der Waals surface area contributed by atoms with Crippen molar-refractivity contribution >= 4 is 43.7 Å². The maximum atomic E-state index is 12.6. The average molecular weight is 490 g/mol. The Hall–Kier alpha value is -4.08. The molecule has 178 valence electrons. The molecule has 9 heteroatoms. The van der Waals surface area contributed by atoms with Gasteiger partial charge in [0.1, 0.15) is 10.6 Å². The number of fused-ring (bicyclic) bond motifs is 1. The van der Waals surface area contributed by atoms with Crippen molar-refractivity contribution in [2.75, 3.05) is 5.32 Å².